The minimum Gasteiger partial charge on any atom is -0.486 e. The van der Waals surface area contributed by atoms with Crippen molar-refractivity contribution in [3.63, 3.8) is 0 Å². The van der Waals surface area contributed by atoms with Crippen molar-refractivity contribution in [2.45, 2.75) is 25.5 Å². The van der Waals surface area contributed by atoms with E-state index >= 15 is 0 Å². The fraction of sp³-hybridized carbons (Fsp3) is 0.231. The number of rotatable bonds is 5. The number of anilines is 1. The Hall–Kier alpha value is -3.64. The van der Waals surface area contributed by atoms with Crippen molar-refractivity contribution < 1.29 is 24.2 Å². The van der Waals surface area contributed by atoms with Crippen LogP contribution in [-0.2, 0) is 16.9 Å². The molecule has 6 nitrogen and oxygen atoms in total. The minimum absolute atomic E-state index is 0.322. The van der Waals surface area contributed by atoms with Crippen molar-refractivity contribution in [3.05, 3.63) is 89.0 Å². The third-order valence-electron chi connectivity index (χ3n) is 6.11. The first-order valence-electron chi connectivity index (χ1n) is 10.6. The van der Waals surface area contributed by atoms with Gasteiger partial charge in [0, 0.05) is 11.1 Å². The number of hydrogen-bond acceptors (Lipinski definition) is 5. The van der Waals surface area contributed by atoms with Crippen molar-refractivity contribution in [2.24, 2.45) is 0 Å². The van der Waals surface area contributed by atoms with Gasteiger partial charge in [0.25, 0.3) is 5.91 Å². The number of fused-ring (bicyclic) bond motifs is 2. The summed E-state index contributed by atoms with van der Waals surface area (Å²) in [7, 11) is 0. The van der Waals surface area contributed by atoms with Crippen LogP contribution in [0.25, 0.3) is 0 Å². The van der Waals surface area contributed by atoms with E-state index in [1.165, 1.54) is 0 Å². The number of carbonyl (C=O) groups excluding carboxylic acids is 2. The van der Waals surface area contributed by atoms with Crippen LogP contribution in [0.15, 0.2) is 66.7 Å². The number of amides is 1. The molecule has 6 heteroatoms. The number of para-hydroxylation sites is 1. The van der Waals surface area contributed by atoms with E-state index in [-0.39, 0.29) is 12.2 Å². The van der Waals surface area contributed by atoms with Gasteiger partial charge in [0.1, 0.15) is 13.2 Å². The van der Waals surface area contributed by atoms with Crippen LogP contribution in [0, 0.1) is 6.92 Å². The summed E-state index contributed by atoms with van der Waals surface area (Å²) in [6.07, 6.45) is -0.354. The number of Topliss-reactive ketones (excluding diaryl/α,β-unsaturated/α-hetero) is 1. The van der Waals surface area contributed by atoms with Gasteiger partial charge in [-0.2, -0.15) is 0 Å². The summed E-state index contributed by atoms with van der Waals surface area (Å²) in [5.41, 5.74) is 1.55. The fourth-order valence-electron chi connectivity index (χ4n) is 4.34. The average molecular weight is 429 g/mol. The Bertz CT molecular complexity index is 1220. The van der Waals surface area contributed by atoms with E-state index in [0.717, 1.165) is 11.1 Å². The van der Waals surface area contributed by atoms with Gasteiger partial charge >= 0.3 is 0 Å². The van der Waals surface area contributed by atoms with E-state index < -0.39 is 11.5 Å². The first-order valence-corrected chi connectivity index (χ1v) is 10.6. The Morgan fingerprint density at radius 2 is 1.72 bits per heavy atom. The largest absolute Gasteiger partial charge is 0.486 e. The average Bonchev–Trinajstić information content (AvgIpc) is 3.02. The fourth-order valence-corrected chi connectivity index (χ4v) is 4.34. The highest BCUT2D eigenvalue weighted by molar-refractivity contribution is 6.10. The molecule has 5 rings (SSSR count). The van der Waals surface area contributed by atoms with E-state index in [4.69, 9.17) is 9.47 Å². The first-order chi connectivity index (χ1) is 15.5. The summed E-state index contributed by atoms with van der Waals surface area (Å²) in [4.78, 5) is 28.2. The van der Waals surface area contributed by atoms with Gasteiger partial charge < -0.3 is 19.5 Å². The van der Waals surface area contributed by atoms with Crippen molar-refractivity contribution in [1.29, 1.82) is 0 Å². The molecular formula is C26H23NO5. The van der Waals surface area contributed by atoms with Gasteiger partial charge in [0.05, 0.1) is 18.7 Å². The number of benzene rings is 3. The molecule has 0 aliphatic carbocycles. The maximum atomic E-state index is 13.5. The Labute approximate surface area is 186 Å². The van der Waals surface area contributed by atoms with E-state index in [0.29, 0.717) is 48.1 Å². The molecule has 1 N–H and O–H groups in total. The molecule has 2 aliphatic rings. The molecule has 162 valence electrons. The molecule has 2 heterocycles. The van der Waals surface area contributed by atoms with Crippen molar-refractivity contribution in [1.82, 2.24) is 0 Å². The third-order valence-corrected chi connectivity index (χ3v) is 6.11. The van der Waals surface area contributed by atoms with E-state index in [1.54, 1.807) is 41.3 Å². The van der Waals surface area contributed by atoms with Gasteiger partial charge in [-0.05, 0) is 42.3 Å². The zero-order valence-corrected chi connectivity index (χ0v) is 17.7. The van der Waals surface area contributed by atoms with Crippen LogP contribution in [0.4, 0.5) is 5.69 Å². The number of aryl methyl sites for hydroxylation is 1. The summed E-state index contributed by atoms with van der Waals surface area (Å²) in [5, 5.41) is 11.5. The van der Waals surface area contributed by atoms with Crippen molar-refractivity contribution in [3.8, 4) is 11.5 Å². The van der Waals surface area contributed by atoms with E-state index in [1.807, 2.05) is 37.3 Å². The summed E-state index contributed by atoms with van der Waals surface area (Å²) in [6, 6.07) is 19.8. The second-order valence-corrected chi connectivity index (χ2v) is 8.15. The summed E-state index contributed by atoms with van der Waals surface area (Å²) >= 11 is 0. The minimum atomic E-state index is -1.93. The lowest BCUT2D eigenvalue weighted by Crippen LogP contribution is -2.41. The number of ketones is 1. The summed E-state index contributed by atoms with van der Waals surface area (Å²) in [5.74, 6) is 0.241. The van der Waals surface area contributed by atoms with Gasteiger partial charge in [-0.25, -0.2) is 0 Å². The standard InChI is InChI=1S/C26H23NO5/c1-17-6-2-3-7-19(17)16-27-21-9-5-4-8-20(21)26(30,25(27)29)15-22(28)18-10-11-23-24(14-18)32-13-12-31-23/h2-11,14,30H,12-13,15-16H2,1H3/t26-/m0/s1. The lowest BCUT2D eigenvalue weighted by Gasteiger charge is -2.24. The lowest BCUT2D eigenvalue weighted by molar-refractivity contribution is -0.136. The second kappa shape index (κ2) is 7.80. The normalized spacial score (nSPS) is 19.1. The predicted octanol–water partition coefficient (Wildman–Crippen LogP) is 3.77. The number of nitrogens with zero attached hydrogens (tertiary/aromatic N) is 1. The zero-order valence-electron chi connectivity index (χ0n) is 17.7. The molecule has 0 bridgehead atoms. The number of carbonyl (C=O) groups is 2. The molecule has 2 aliphatic heterocycles. The molecule has 0 radical (unpaired) electrons. The van der Waals surface area contributed by atoms with Crippen molar-refractivity contribution in [2.75, 3.05) is 18.1 Å². The Kier molecular flexibility index (Phi) is 4.94. The summed E-state index contributed by atoms with van der Waals surface area (Å²) < 4.78 is 11.1. The number of hydrogen-bond donors (Lipinski definition) is 1. The van der Waals surface area contributed by atoms with Crippen LogP contribution >= 0.6 is 0 Å². The highest BCUT2D eigenvalue weighted by Gasteiger charge is 2.50. The summed E-state index contributed by atoms with van der Waals surface area (Å²) in [6.45, 7) is 3.18. The zero-order chi connectivity index (χ0) is 22.3. The Morgan fingerprint density at radius 1 is 1.00 bits per heavy atom. The SMILES string of the molecule is Cc1ccccc1CN1C(=O)[C@](O)(CC(=O)c2ccc3c(c2)OCCO3)c2ccccc21. The predicted molar refractivity (Wildman–Crippen MR) is 119 cm³/mol. The molecule has 32 heavy (non-hydrogen) atoms. The first kappa shape index (κ1) is 20.3. The van der Waals surface area contributed by atoms with Crippen molar-refractivity contribution >= 4 is 17.4 Å². The maximum absolute atomic E-state index is 13.5. The van der Waals surface area contributed by atoms with Gasteiger partial charge in [-0.3, -0.25) is 9.59 Å². The van der Waals surface area contributed by atoms with E-state index in [9.17, 15) is 14.7 Å². The highest BCUT2D eigenvalue weighted by Crippen LogP contribution is 2.44. The molecule has 0 aromatic heterocycles. The van der Waals surface area contributed by atoms with Crippen LogP contribution < -0.4 is 14.4 Å². The van der Waals surface area contributed by atoms with Gasteiger partial charge in [0.15, 0.2) is 22.9 Å². The highest BCUT2D eigenvalue weighted by atomic mass is 16.6. The molecule has 0 saturated heterocycles. The molecule has 0 unspecified atom stereocenters. The van der Waals surface area contributed by atoms with Crippen LogP contribution in [0.1, 0.15) is 33.5 Å². The Balaban J connectivity index is 1.46. The van der Waals surface area contributed by atoms with Crippen LogP contribution in [0.5, 0.6) is 11.5 Å². The van der Waals surface area contributed by atoms with Gasteiger partial charge in [-0.1, -0.05) is 42.5 Å². The molecule has 3 aromatic carbocycles. The second-order valence-electron chi connectivity index (χ2n) is 8.15. The molecule has 1 atom stereocenters. The number of ether oxygens (including phenoxy) is 2. The lowest BCUT2D eigenvalue weighted by atomic mass is 9.88. The Morgan fingerprint density at radius 3 is 2.53 bits per heavy atom. The maximum Gasteiger partial charge on any atom is 0.264 e. The molecular weight excluding hydrogens is 406 g/mol. The van der Waals surface area contributed by atoms with Crippen LogP contribution in [0.2, 0.25) is 0 Å². The van der Waals surface area contributed by atoms with Crippen LogP contribution in [0.3, 0.4) is 0 Å². The molecule has 0 spiro atoms. The molecule has 1 amide bonds. The number of aliphatic hydroxyl groups is 1. The van der Waals surface area contributed by atoms with Crippen LogP contribution in [-0.4, -0.2) is 30.0 Å². The van der Waals surface area contributed by atoms with E-state index in [2.05, 4.69) is 0 Å². The van der Waals surface area contributed by atoms with Gasteiger partial charge in [-0.15, -0.1) is 0 Å². The third kappa shape index (κ3) is 3.33. The quantitative estimate of drug-likeness (QED) is 0.625. The van der Waals surface area contributed by atoms with Gasteiger partial charge in [0.2, 0.25) is 0 Å². The monoisotopic (exact) mass is 429 g/mol. The topological polar surface area (TPSA) is 76.1 Å². The molecule has 0 saturated carbocycles. The smallest absolute Gasteiger partial charge is 0.264 e. The molecule has 3 aromatic rings. The molecule has 0 fully saturated rings.